The summed E-state index contributed by atoms with van der Waals surface area (Å²) in [5.74, 6) is 0.437. The number of aromatic amines is 1. The van der Waals surface area contributed by atoms with Gasteiger partial charge in [-0.1, -0.05) is 5.16 Å². The Bertz CT molecular complexity index is 826. The van der Waals surface area contributed by atoms with Crippen LogP contribution in [0.15, 0.2) is 34.5 Å². The summed E-state index contributed by atoms with van der Waals surface area (Å²) >= 11 is 0. The molecule has 3 aromatic heterocycles. The summed E-state index contributed by atoms with van der Waals surface area (Å²) in [6.45, 7) is 0. The van der Waals surface area contributed by atoms with Crippen LogP contribution in [0.2, 0.25) is 0 Å². The molecule has 0 unspecified atom stereocenters. The molecule has 0 saturated carbocycles. The van der Waals surface area contributed by atoms with Gasteiger partial charge in [-0.3, -0.25) is 4.57 Å². The molecule has 3 heterocycles. The van der Waals surface area contributed by atoms with Crippen molar-refractivity contribution >= 4 is 11.5 Å². The van der Waals surface area contributed by atoms with Crippen LogP contribution in [0.1, 0.15) is 5.82 Å². The number of H-pyrrole nitrogens is 1. The van der Waals surface area contributed by atoms with E-state index in [2.05, 4.69) is 25.4 Å². The van der Waals surface area contributed by atoms with Crippen molar-refractivity contribution in [1.29, 1.82) is 0 Å². The highest BCUT2D eigenvalue weighted by Gasteiger charge is 2.11. The van der Waals surface area contributed by atoms with Gasteiger partial charge in [0, 0.05) is 12.4 Å². The van der Waals surface area contributed by atoms with E-state index in [1.165, 1.54) is 10.8 Å². The van der Waals surface area contributed by atoms with Gasteiger partial charge >= 0.3 is 5.69 Å². The van der Waals surface area contributed by atoms with Crippen LogP contribution in [0.4, 0.5) is 0 Å². The van der Waals surface area contributed by atoms with Gasteiger partial charge in [-0.2, -0.15) is 9.61 Å². The number of nitrogens with zero attached hydrogens (tertiary/aromatic N) is 6. The first-order valence-corrected chi connectivity index (χ1v) is 5.17. The van der Waals surface area contributed by atoms with Gasteiger partial charge in [0.25, 0.3) is 0 Å². The molecule has 0 fully saturated rings. The highest BCUT2D eigenvalue weighted by Crippen LogP contribution is 2.07. The summed E-state index contributed by atoms with van der Waals surface area (Å²) in [4.78, 5) is 15.4. The molecule has 0 saturated heterocycles. The first-order chi connectivity index (χ1) is 9.20. The Morgan fingerprint density at radius 3 is 3.11 bits per heavy atom. The van der Waals surface area contributed by atoms with E-state index < -0.39 is 5.69 Å². The fraction of sp³-hybridized carbons (Fsp3) is 0. The number of hydrogen-bond acceptors (Lipinski definition) is 6. The van der Waals surface area contributed by atoms with E-state index in [9.17, 15) is 4.79 Å². The normalized spacial score (nSPS) is 12.1. The second-order valence-electron chi connectivity index (χ2n) is 3.60. The summed E-state index contributed by atoms with van der Waals surface area (Å²) in [6, 6.07) is 3.24. The highest BCUT2D eigenvalue weighted by molar-refractivity contribution is 5.94. The van der Waals surface area contributed by atoms with Crippen molar-refractivity contribution < 1.29 is 5.21 Å². The van der Waals surface area contributed by atoms with Crippen LogP contribution in [0, 0.1) is 0 Å². The lowest BCUT2D eigenvalue weighted by Crippen LogP contribution is -2.20. The fourth-order valence-corrected chi connectivity index (χ4v) is 1.64. The number of nitrogens with two attached hydrogens (primary N) is 1. The van der Waals surface area contributed by atoms with Gasteiger partial charge in [-0.15, -0.1) is 5.10 Å². The molecule has 3 aromatic rings. The van der Waals surface area contributed by atoms with Gasteiger partial charge in [0.05, 0.1) is 0 Å². The van der Waals surface area contributed by atoms with Gasteiger partial charge < -0.3 is 10.9 Å². The molecule has 0 amide bonds. The molecule has 0 aliphatic rings. The van der Waals surface area contributed by atoms with Crippen molar-refractivity contribution in [2.75, 3.05) is 0 Å². The zero-order valence-corrected chi connectivity index (χ0v) is 9.43. The van der Waals surface area contributed by atoms with Gasteiger partial charge in [-0.05, 0) is 12.1 Å². The molecule has 0 aliphatic heterocycles. The number of aromatic nitrogens is 6. The minimum Gasteiger partial charge on any atom is -0.409 e. The summed E-state index contributed by atoms with van der Waals surface area (Å²) in [7, 11) is 0. The average molecular weight is 260 g/mol. The van der Waals surface area contributed by atoms with Crippen LogP contribution in [0.3, 0.4) is 0 Å². The van der Waals surface area contributed by atoms with Gasteiger partial charge in [0.15, 0.2) is 17.3 Å². The van der Waals surface area contributed by atoms with Crippen LogP contribution in [0.5, 0.6) is 0 Å². The maximum Gasteiger partial charge on any atom is 0.364 e. The van der Waals surface area contributed by atoms with E-state index in [0.29, 0.717) is 11.5 Å². The number of hydrogen-bond donors (Lipinski definition) is 3. The Hall–Kier alpha value is -3.17. The number of nitrogens with one attached hydrogen (secondary N) is 1. The summed E-state index contributed by atoms with van der Waals surface area (Å²) in [6.07, 6.45) is 3.05. The van der Waals surface area contributed by atoms with Crippen molar-refractivity contribution in [3.8, 4) is 5.82 Å². The summed E-state index contributed by atoms with van der Waals surface area (Å²) in [5, 5.41) is 21.7. The monoisotopic (exact) mass is 260 g/mol. The molecular formula is C9H8N8O2. The van der Waals surface area contributed by atoms with Crippen LogP contribution in [-0.4, -0.2) is 40.4 Å². The van der Waals surface area contributed by atoms with Crippen molar-refractivity contribution in [3.63, 3.8) is 0 Å². The van der Waals surface area contributed by atoms with E-state index >= 15 is 0 Å². The van der Waals surface area contributed by atoms with E-state index in [4.69, 9.17) is 10.9 Å². The third kappa shape index (κ3) is 1.62. The lowest BCUT2D eigenvalue weighted by atomic mass is 10.4. The molecule has 0 aromatic carbocycles. The van der Waals surface area contributed by atoms with Gasteiger partial charge in [0.1, 0.15) is 0 Å². The van der Waals surface area contributed by atoms with E-state index in [1.54, 1.807) is 18.3 Å². The standard InChI is InChI=1S/C9H8N8O2/c10-7(15-19)8-11-3-4-16(8)6-2-1-5-12-13-9(18)17(5)14-6/h1-4,19H,(H2,10,15)(H,13,18). The van der Waals surface area contributed by atoms with Crippen LogP contribution in [-0.2, 0) is 0 Å². The number of rotatable bonds is 2. The first-order valence-electron chi connectivity index (χ1n) is 5.17. The highest BCUT2D eigenvalue weighted by atomic mass is 16.4. The zero-order valence-electron chi connectivity index (χ0n) is 9.43. The van der Waals surface area contributed by atoms with E-state index in [0.717, 1.165) is 4.52 Å². The Kier molecular flexibility index (Phi) is 2.27. The van der Waals surface area contributed by atoms with Gasteiger partial charge in [-0.25, -0.2) is 14.9 Å². The van der Waals surface area contributed by atoms with Gasteiger partial charge in [0.2, 0.25) is 5.84 Å². The molecule has 0 aliphatic carbocycles. The lowest BCUT2D eigenvalue weighted by molar-refractivity contribution is 0.318. The zero-order chi connectivity index (χ0) is 13.4. The quantitative estimate of drug-likeness (QED) is 0.226. The first kappa shape index (κ1) is 11.0. The number of amidine groups is 1. The van der Waals surface area contributed by atoms with Crippen LogP contribution >= 0.6 is 0 Å². The third-order valence-corrected chi connectivity index (χ3v) is 2.48. The Labute approximate surface area is 104 Å². The second kappa shape index (κ2) is 3.94. The minimum absolute atomic E-state index is 0.161. The fourth-order valence-electron chi connectivity index (χ4n) is 1.64. The number of imidazole rings is 1. The van der Waals surface area contributed by atoms with Crippen molar-refractivity contribution in [2.24, 2.45) is 10.9 Å². The Balaban J connectivity index is 2.22. The van der Waals surface area contributed by atoms with E-state index in [-0.39, 0.29) is 11.7 Å². The summed E-state index contributed by atoms with van der Waals surface area (Å²) < 4.78 is 2.58. The molecule has 19 heavy (non-hydrogen) atoms. The predicted molar refractivity (Wildman–Crippen MR) is 63.2 cm³/mol. The molecule has 0 atom stereocenters. The largest absolute Gasteiger partial charge is 0.409 e. The maximum absolute atomic E-state index is 11.4. The molecule has 0 radical (unpaired) electrons. The maximum atomic E-state index is 11.4. The number of fused-ring (bicyclic) bond motifs is 1. The molecule has 96 valence electrons. The topological polar surface area (TPSA) is 139 Å². The summed E-state index contributed by atoms with van der Waals surface area (Å²) in [5.41, 5.74) is 5.43. The minimum atomic E-state index is -0.456. The SMILES string of the molecule is NC(=NO)c1nccn1-c1ccc2n[nH]c(=O)n2n1. The second-order valence-corrected chi connectivity index (χ2v) is 3.60. The molecule has 0 bridgehead atoms. The molecule has 10 heteroatoms. The van der Waals surface area contributed by atoms with E-state index in [1.807, 2.05) is 0 Å². The molecule has 3 rings (SSSR count). The Morgan fingerprint density at radius 2 is 2.32 bits per heavy atom. The molecule has 0 spiro atoms. The van der Waals surface area contributed by atoms with Crippen molar-refractivity contribution in [3.05, 3.63) is 40.8 Å². The smallest absolute Gasteiger partial charge is 0.364 e. The van der Waals surface area contributed by atoms with Crippen LogP contribution < -0.4 is 11.4 Å². The molecule has 4 N–H and O–H groups in total. The predicted octanol–water partition coefficient (Wildman–Crippen LogP) is -1.30. The number of oxime groups is 1. The average Bonchev–Trinajstić information content (AvgIpc) is 3.05. The van der Waals surface area contributed by atoms with Crippen LogP contribution in [0.25, 0.3) is 11.5 Å². The van der Waals surface area contributed by atoms with Crippen molar-refractivity contribution in [2.45, 2.75) is 0 Å². The lowest BCUT2D eigenvalue weighted by Gasteiger charge is -2.05. The molecular weight excluding hydrogens is 252 g/mol. The Morgan fingerprint density at radius 1 is 1.47 bits per heavy atom. The molecule has 10 nitrogen and oxygen atoms in total. The third-order valence-electron chi connectivity index (χ3n) is 2.48. The van der Waals surface area contributed by atoms with Crippen molar-refractivity contribution in [1.82, 2.24) is 29.4 Å².